The van der Waals surface area contributed by atoms with Gasteiger partial charge in [-0.15, -0.1) is 0 Å². The number of halogens is 5. The van der Waals surface area contributed by atoms with E-state index in [0.29, 0.717) is 39.3 Å². The summed E-state index contributed by atoms with van der Waals surface area (Å²) in [7, 11) is -3.30. The van der Waals surface area contributed by atoms with Gasteiger partial charge in [0.25, 0.3) is 0 Å². The van der Waals surface area contributed by atoms with Crippen molar-refractivity contribution >= 4 is 7.94 Å². The average Bonchev–Trinajstić information content (AvgIpc) is 3.48. The van der Waals surface area contributed by atoms with Crippen LogP contribution in [0.1, 0.15) is 38.5 Å². The number of hydrogen-bond donors (Lipinski definition) is 0. The second-order valence-electron chi connectivity index (χ2n) is 7.66. The van der Waals surface area contributed by atoms with Crippen molar-refractivity contribution in [3.8, 4) is 5.75 Å². The Balaban J connectivity index is 1.84. The van der Waals surface area contributed by atoms with Crippen molar-refractivity contribution in [1.82, 2.24) is 14.0 Å². The van der Waals surface area contributed by atoms with Crippen LogP contribution < -0.4 is 4.52 Å². The van der Waals surface area contributed by atoms with Crippen molar-refractivity contribution in [2.75, 3.05) is 39.3 Å². The van der Waals surface area contributed by atoms with Gasteiger partial charge in [-0.05, 0) is 0 Å². The number of hydrogen-bond acceptors (Lipinski definition) is 4. The summed E-state index contributed by atoms with van der Waals surface area (Å²) in [5.74, 6) is -11.0. The molecule has 0 saturated carbocycles. The van der Waals surface area contributed by atoms with Gasteiger partial charge in [0, 0.05) is 0 Å². The third kappa shape index (κ3) is 3.20. The molecule has 0 N–H and O–H groups in total. The van der Waals surface area contributed by atoms with Gasteiger partial charge in [-0.3, -0.25) is 0 Å². The standard InChI is InChI=1S/C18H25F5N3OP/c19-13-14(20)16(22)18(17(23)15(13)21)27-28(24-7-1-2-8-24,25-9-3-4-10-25)26-11-5-6-12-26/h28H,1-12H2. The van der Waals surface area contributed by atoms with Gasteiger partial charge in [0.15, 0.2) is 0 Å². The fraction of sp³-hybridized carbons (Fsp3) is 0.667. The molecule has 4 rings (SSSR count). The maximum absolute atomic E-state index is 14.5. The van der Waals surface area contributed by atoms with Gasteiger partial charge < -0.3 is 0 Å². The van der Waals surface area contributed by atoms with Crippen LogP contribution in [0.5, 0.6) is 5.75 Å². The Hall–Kier alpha value is -1.02. The summed E-state index contributed by atoms with van der Waals surface area (Å²) in [6.45, 7) is 4.22. The molecule has 0 unspecified atom stereocenters. The van der Waals surface area contributed by atoms with Gasteiger partial charge in [-0.25, -0.2) is 0 Å². The van der Waals surface area contributed by atoms with Crippen LogP contribution in [0, 0.1) is 29.1 Å². The van der Waals surface area contributed by atoms with E-state index >= 15 is 0 Å². The SMILES string of the molecule is Fc1c(F)c(F)c(O[PH](N2CCCC2)(N2CCCC2)N2CCCC2)c(F)c1F. The molecule has 0 radical (unpaired) electrons. The molecule has 28 heavy (non-hydrogen) atoms. The van der Waals surface area contributed by atoms with E-state index in [1.54, 1.807) is 0 Å². The second kappa shape index (κ2) is 8.01. The van der Waals surface area contributed by atoms with E-state index in [0.717, 1.165) is 38.5 Å². The first-order chi connectivity index (χ1) is 13.5. The van der Waals surface area contributed by atoms with Gasteiger partial charge in [0.05, 0.1) is 0 Å². The number of benzene rings is 1. The minimum absolute atomic E-state index is 0.703. The normalized spacial score (nSPS) is 23.0. The van der Waals surface area contributed by atoms with Gasteiger partial charge in [-0.1, -0.05) is 0 Å². The zero-order valence-corrected chi connectivity index (χ0v) is 16.6. The minimum atomic E-state index is -3.30. The molecule has 0 atom stereocenters. The molecule has 3 fully saturated rings. The molecule has 0 aliphatic carbocycles. The summed E-state index contributed by atoms with van der Waals surface area (Å²) in [4.78, 5) is 0. The predicted octanol–water partition coefficient (Wildman–Crippen LogP) is 4.46. The summed E-state index contributed by atoms with van der Waals surface area (Å²) in [5.41, 5.74) is 0. The van der Waals surface area contributed by atoms with E-state index in [9.17, 15) is 22.0 Å². The molecule has 1 aromatic carbocycles. The van der Waals surface area contributed by atoms with E-state index in [-0.39, 0.29) is 0 Å². The Labute approximate surface area is 161 Å². The molecular weight excluding hydrogens is 400 g/mol. The first-order valence-corrected chi connectivity index (χ1v) is 11.7. The van der Waals surface area contributed by atoms with E-state index in [1.807, 2.05) is 0 Å². The van der Waals surface area contributed by atoms with Crippen molar-refractivity contribution < 1.29 is 26.5 Å². The molecule has 0 amide bonds. The summed E-state index contributed by atoms with van der Waals surface area (Å²) in [6.07, 6.45) is 5.56. The van der Waals surface area contributed by atoms with E-state index in [4.69, 9.17) is 4.52 Å². The molecule has 0 aromatic heterocycles. The van der Waals surface area contributed by atoms with Crippen molar-refractivity contribution in [2.45, 2.75) is 38.5 Å². The van der Waals surface area contributed by atoms with Crippen LogP contribution in [0.15, 0.2) is 0 Å². The molecule has 0 bridgehead atoms. The summed E-state index contributed by atoms with van der Waals surface area (Å²) in [5, 5.41) is 0. The van der Waals surface area contributed by atoms with Crippen LogP contribution in [-0.2, 0) is 0 Å². The Morgan fingerprint density at radius 1 is 0.500 bits per heavy atom. The van der Waals surface area contributed by atoms with E-state index in [2.05, 4.69) is 14.0 Å². The van der Waals surface area contributed by atoms with Gasteiger partial charge in [-0.2, -0.15) is 0 Å². The molecule has 1 aromatic rings. The topological polar surface area (TPSA) is 19.0 Å². The zero-order chi connectivity index (χ0) is 19.9. The fourth-order valence-electron chi connectivity index (χ4n) is 4.63. The van der Waals surface area contributed by atoms with Crippen LogP contribution >= 0.6 is 7.94 Å². The molecular formula is C18H25F5N3OP. The third-order valence-corrected chi connectivity index (χ3v) is 10.3. The Kier molecular flexibility index (Phi) is 5.80. The number of rotatable bonds is 5. The first-order valence-electron chi connectivity index (χ1n) is 9.92. The molecule has 10 heteroatoms. The predicted molar refractivity (Wildman–Crippen MR) is 97.6 cm³/mol. The zero-order valence-electron chi connectivity index (χ0n) is 15.6. The molecule has 0 spiro atoms. The van der Waals surface area contributed by atoms with Gasteiger partial charge >= 0.3 is 161 Å². The molecule has 158 valence electrons. The van der Waals surface area contributed by atoms with Crippen LogP contribution in [0.25, 0.3) is 0 Å². The fourth-order valence-corrected chi connectivity index (χ4v) is 9.37. The van der Waals surface area contributed by atoms with Crippen LogP contribution in [0.4, 0.5) is 22.0 Å². The van der Waals surface area contributed by atoms with Crippen LogP contribution in [-0.4, -0.2) is 53.3 Å². The van der Waals surface area contributed by atoms with Crippen LogP contribution in [0.3, 0.4) is 0 Å². The number of nitrogens with zero attached hydrogens (tertiary/aromatic N) is 3. The Morgan fingerprint density at radius 2 is 0.786 bits per heavy atom. The summed E-state index contributed by atoms with van der Waals surface area (Å²) in [6, 6.07) is 0. The monoisotopic (exact) mass is 425 g/mol. The Morgan fingerprint density at radius 3 is 1.11 bits per heavy atom. The van der Waals surface area contributed by atoms with Gasteiger partial charge in [0.1, 0.15) is 0 Å². The molecule has 4 nitrogen and oxygen atoms in total. The van der Waals surface area contributed by atoms with Crippen molar-refractivity contribution in [1.29, 1.82) is 0 Å². The maximum atomic E-state index is 14.5. The molecule has 3 aliphatic heterocycles. The average molecular weight is 425 g/mol. The van der Waals surface area contributed by atoms with Crippen molar-refractivity contribution in [3.05, 3.63) is 29.1 Å². The summed E-state index contributed by atoms with van der Waals surface area (Å²) < 4.78 is 82.7. The first kappa shape index (κ1) is 20.3. The van der Waals surface area contributed by atoms with E-state index in [1.165, 1.54) is 0 Å². The molecule has 3 aliphatic rings. The second-order valence-corrected chi connectivity index (χ2v) is 10.9. The molecule has 3 saturated heterocycles. The van der Waals surface area contributed by atoms with Crippen molar-refractivity contribution in [3.63, 3.8) is 0 Å². The quantitative estimate of drug-likeness (QED) is 0.300. The van der Waals surface area contributed by atoms with Gasteiger partial charge in [0.2, 0.25) is 0 Å². The summed E-state index contributed by atoms with van der Waals surface area (Å²) >= 11 is 0. The Bertz CT molecular complexity index is 665. The van der Waals surface area contributed by atoms with Crippen LogP contribution in [0.2, 0.25) is 0 Å². The molecule has 3 heterocycles. The van der Waals surface area contributed by atoms with E-state index < -0.39 is 42.8 Å². The third-order valence-electron chi connectivity index (χ3n) is 5.96. The van der Waals surface area contributed by atoms with Crippen molar-refractivity contribution in [2.24, 2.45) is 0 Å².